The fraction of sp³-hybridized carbons (Fsp3) is 0.900. The molecule has 2 saturated carbocycles. The Morgan fingerprint density at radius 2 is 1.77 bits per heavy atom. The molecule has 0 bridgehead atoms. The fourth-order valence-electron chi connectivity index (χ4n) is 2.87. The van der Waals surface area contributed by atoms with Crippen molar-refractivity contribution in [3.63, 3.8) is 0 Å². The second-order valence-corrected chi connectivity index (χ2v) is 4.93. The van der Waals surface area contributed by atoms with Gasteiger partial charge >= 0.3 is 0 Å². The highest BCUT2D eigenvalue weighted by Crippen LogP contribution is 2.54. The van der Waals surface area contributed by atoms with E-state index in [1.165, 1.54) is 6.42 Å². The summed E-state index contributed by atoms with van der Waals surface area (Å²) in [5, 5.41) is 0. The van der Waals surface area contributed by atoms with Gasteiger partial charge in [0, 0.05) is 25.0 Å². The molecule has 1 heterocycles. The van der Waals surface area contributed by atoms with Crippen molar-refractivity contribution in [2.24, 2.45) is 23.5 Å². The zero-order chi connectivity index (χ0) is 9.00. The van der Waals surface area contributed by atoms with Crippen LogP contribution in [-0.2, 0) is 4.79 Å². The number of amides is 1. The van der Waals surface area contributed by atoms with Crippen LogP contribution < -0.4 is 5.73 Å². The van der Waals surface area contributed by atoms with Crippen molar-refractivity contribution in [1.29, 1.82) is 0 Å². The first-order valence-electron chi connectivity index (χ1n) is 5.28. The van der Waals surface area contributed by atoms with Crippen LogP contribution in [0.1, 0.15) is 19.3 Å². The minimum Gasteiger partial charge on any atom is -0.339 e. The molecular formula is C10H16N2O. The largest absolute Gasteiger partial charge is 0.339 e. The van der Waals surface area contributed by atoms with Gasteiger partial charge in [0.2, 0.25) is 5.91 Å². The summed E-state index contributed by atoms with van der Waals surface area (Å²) in [5.41, 5.74) is 5.65. The summed E-state index contributed by atoms with van der Waals surface area (Å²) in [6, 6.07) is 0.250. The number of likely N-dealkylation sites (tertiary alicyclic amines) is 1. The third-order valence-corrected chi connectivity index (χ3v) is 3.81. The molecule has 2 aliphatic carbocycles. The second kappa shape index (κ2) is 2.47. The van der Waals surface area contributed by atoms with Crippen molar-refractivity contribution >= 4 is 5.91 Å². The molecule has 0 spiro atoms. The molecule has 0 aromatic rings. The molecule has 1 amide bonds. The topological polar surface area (TPSA) is 46.3 Å². The summed E-state index contributed by atoms with van der Waals surface area (Å²) < 4.78 is 0. The van der Waals surface area contributed by atoms with Gasteiger partial charge in [-0.25, -0.2) is 0 Å². The summed E-state index contributed by atoms with van der Waals surface area (Å²) in [6.45, 7) is 1.59. The van der Waals surface area contributed by atoms with Crippen molar-refractivity contribution in [2.75, 3.05) is 13.1 Å². The number of carbonyl (C=O) groups is 1. The van der Waals surface area contributed by atoms with Gasteiger partial charge < -0.3 is 10.6 Å². The predicted molar refractivity (Wildman–Crippen MR) is 48.9 cm³/mol. The Balaban J connectivity index is 1.57. The molecule has 3 aliphatic rings. The molecule has 3 nitrogen and oxygen atoms in total. The first-order chi connectivity index (χ1) is 6.24. The van der Waals surface area contributed by atoms with Crippen molar-refractivity contribution in [1.82, 2.24) is 4.90 Å². The number of rotatable bonds is 1. The number of fused-ring (bicyclic) bond motifs is 1. The SMILES string of the molecule is NC1CN(C(=O)C2CC3CC3C2)C1. The molecular weight excluding hydrogens is 164 g/mol. The summed E-state index contributed by atoms with van der Waals surface area (Å²) >= 11 is 0. The average Bonchev–Trinajstić information content (AvgIpc) is 2.67. The number of nitrogens with zero attached hydrogens (tertiary/aromatic N) is 1. The maximum atomic E-state index is 11.8. The third kappa shape index (κ3) is 1.17. The molecule has 0 radical (unpaired) electrons. The van der Waals surface area contributed by atoms with Crippen LogP contribution in [0.2, 0.25) is 0 Å². The first-order valence-corrected chi connectivity index (χ1v) is 5.28. The molecule has 0 aromatic carbocycles. The first kappa shape index (κ1) is 7.80. The molecule has 3 fully saturated rings. The average molecular weight is 180 g/mol. The van der Waals surface area contributed by atoms with E-state index in [2.05, 4.69) is 0 Å². The lowest BCUT2D eigenvalue weighted by Gasteiger charge is -2.38. The summed E-state index contributed by atoms with van der Waals surface area (Å²) in [6.07, 6.45) is 3.72. The number of hydrogen-bond acceptors (Lipinski definition) is 2. The number of nitrogens with two attached hydrogens (primary N) is 1. The maximum absolute atomic E-state index is 11.8. The fourth-order valence-corrected chi connectivity index (χ4v) is 2.87. The number of carbonyl (C=O) groups excluding carboxylic acids is 1. The van der Waals surface area contributed by atoms with E-state index in [4.69, 9.17) is 5.73 Å². The van der Waals surface area contributed by atoms with Gasteiger partial charge in [-0.15, -0.1) is 0 Å². The van der Waals surface area contributed by atoms with Crippen LogP contribution in [0.4, 0.5) is 0 Å². The van der Waals surface area contributed by atoms with E-state index in [0.29, 0.717) is 11.8 Å². The van der Waals surface area contributed by atoms with E-state index in [-0.39, 0.29) is 6.04 Å². The van der Waals surface area contributed by atoms with Gasteiger partial charge in [0.15, 0.2) is 0 Å². The Morgan fingerprint density at radius 1 is 1.15 bits per heavy atom. The molecule has 0 aromatic heterocycles. The van der Waals surface area contributed by atoms with Gasteiger partial charge in [0.25, 0.3) is 0 Å². The van der Waals surface area contributed by atoms with Gasteiger partial charge in [-0.05, 0) is 31.1 Å². The standard InChI is InChI=1S/C10H16N2O/c11-9-4-12(5-9)10(13)8-2-6-1-7(6)3-8/h6-9H,1-5,11H2. The molecule has 13 heavy (non-hydrogen) atoms. The molecule has 2 N–H and O–H groups in total. The van der Waals surface area contributed by atoms with Gasteiger partial charge in [0.1, 0.15) is 0 Å². The van der Waals surface area contributed by atoms with Crippen molar-refractivity contribution < 1.29 is 4.79 Å². The molecule has 3 rings (SSSR count). The predicted octanol–water partition coefficient (Wildman–Crippen LogP) is 0.202. The minimum atomic E-state index is 0.250. The lowest BCUT2D eigenvalue weighted by Crippen LogP contribution is -2.59. The molecule has 2 atom stereocenters. The van der Waals surface area contributed by atoms with Crippen molar-refractivity contribution in [3.05, 3.63) is 0 Å². The van der Waals surface area contributed by atoms with Crippen LogP contribution in [-0.4, -0.2) is 29.9 Å². The third-order valence-electron chi connectivity index (χ3n) is 3.81. The van der Waals surface area contributed by atoms with Crippen LogP contribution in [0, 0.1) is 17.8 Å². The quantitative estimate of drug-likeness (QED) is 0.626. The maximum Gasteiger partial charge on any atom is 0.225 e. The number of hydrogen-bond donors (Lipinski definition) is 1. The zero-order valence-electron chi connectivity index (χ0n) is 7.78. The van der Waals surface area contributed by atoms with E-state index in [9.17, 15) is 4.79 Å². The van der Waals surface area contributed by atoms with Gasteiger partial charge in [-0.3, -0.25) is 4.79 Å². The molecule has 1 aliphatic heterocycles. The van der Waals surface area contributed by atoms with Gasteiger partial charge in [0.05, 0.1) is 0 Å². The highest BCUT2D eigenvalue weighted by atomic mass is 16.2. The summed E-state index contributed by atoms with van der Waals surface area (Å²) in [7, 11) is 0. The monoisotopic (exact) mass is 180 g/mol. The molecule has 1 saturated heterocycles. The second-order valence-electron chi connectivity index (χ2n) is 4.93. The van der Waals surface area contributed by atoms with E-state index in [0.717, 1.165) is 37.8 Å². The van der Waals surface area contributed by atoms with Gasteiger partial charge in [-0.2, -0.15) is 0 Å². The van der Waals surface area contributed by atoms with E-state index < -0.39 is 0 Å². The molecule has 72 valence electrons. The van der Waals surface area contributed by atoms with Crippen LogP contribution in [0.3, 0.4) is 0 Å². The lowest BCUT2D eigenvalue weighted by atomic mass is 9.99. The Kier molecular flexibility index (Phi) is 1.48. The smallest absolute Gasteiger partial charge is 0.225 e. The molecule has 3 heteroatoms. The highest BCUT2D eigenvalue weighted by molar-refractivity contribution is 5.80. The van der Waals surface area contributed by atoms with Crippen LogP contribution in [0.5, 0.6) is 0 Å². The van der Waals surface area contributed by atoms with E-state index >= 15 is 0 Å². The van der Waals surface area contributed by atoms with Crippen LogP contribution in [0.15, 0.2) is 0 Å². The van der Waals surface area contributed by atoms with Gasteiger partial charge in [-0.1, -0.05) is 0 Å². The van der Waals surface area contributed by atoms with Crippen LogP contribution >= 0.6 is 0 Å². The summed E-state index contributed by atoms with van der Waals surface area (Å²) in [5.74, 6) is 2.55. The Hall–Kier alpha value is -0.570. The van der Waals surface area contributed by atoms with Crippen molar-refractivity contribution in [2.45, 2.75) is 25.3 Å². The normalized spacial score (nSPS) is 42.8. The highest BCUT2D eigenvalue weighted by Gasteiger charge is 2.49. The zero-order valence-corrected chi connectivity index (χ0v) is 7.78. The summed E-state index contributed by atoms with van der Waals surface area (Å²) in [4.78, 5) is 13.7. The Labute approximate surface area is 78.3 Å². The molecule has 2 unspecified atom stereocenters. The lowest BCUT2D eigenvalue weighted by molar-refractivity contribution is -0.140. The van der Waals surface area contributed by atoms with Crippen LogP contribution in [0.25, 0.3) is 0 Å². The minimum absolute atomic E-state index is 0.250. The van der Waals surface area contributed by atoms with Crippen molar-refractivity contribution in [3.8, 4) is 0 Å². The Bertz CT molecular complexity index is 237. The van der Waals surface area contributed by atoms with E-state index in [1.807, 2.05) is 4.90 Å². The Morgan fingerprint density at radius 3 is 2.31 bits per heavy atom. The van der Waals surface area contributed by atoms with E-state index in [1.54, 1.807) is 0 Å².